The van der Waals surface area contributed by atoms with Crippen LogP contribution in [-0.2, 0) is 4.74 Å². The van der Waals surface area contributed by atoms with E-state index in [0.717, 1.165) is 19.8 Å². The highest BCUT2D eigenvalue weighted by molar-refractivity contribution is 5.94. The molecular formula is C15H21FN2O2. The maximum atomic E-state index is 13.1. The molecule has 0 aromatic heterocycles. The van der Waals surface area contributed by atoms with Crippen LogP contribution in [0.2, 0.25) is 0 Å². The quantitative estimate of drug-likeness (QED) is 0.912. The van der Waals surface area contributed by atoms with Crippen molar-refractivity contribution in [3.8, 4) is 0 Å². The van der Waals surface area contributed by atoms with Gasteiger partial charge in [-0.1, -0.05) is 6.07 Å². The van der Waals surface area contributed by atoms with Gasteiger partial charge in [0, 0.05) is 30.7 Å². The summed E-state index contributed by atoms with van der Waals surface area (Å²) in [6, 6.07) is 6.31. The van der Waals surface area contributed by atoms with Gasteiger partial charge in [-0.2, -0.15) is 0 Å². The molecule has 1 N–H and O–H groups in total. The van der Waals surface area contributed by atoms with Gasteiger partial charge in [0.2, 0.25) is 0 Å². The van der Waals surface area contributed by atoms with Gasteiger partial charge in [0.1, 0.15) is 5.82 Å². The Labute approximate surface area is 118 Å². The van der Waals surface area contributed by atoms with Crippen LogP contribution in [0.25, 0.3) is 0 Å². The average molecular weight is 280 g/mol. The van der Waals surface area contributed by atoms with Crippen LogP contribution < -0.4 is 5.32 Å². The van der Waals surface area contributed by atoms with Gasteiger partial charge in [-0.3, -0.25) is 9.69 Å². The first-order valence-corrected chi connectivity index (χ1v) is 6.95. The lowest BCUT2D eigenvalue weighted by molar-refractivity contribution is -0.0178. The zero-order chi connectivity index (χ0) is 14.5. The standard InChI is InChI=1S/C15H21FN2O2/c1-11(18-6-7-20-10-12(18)2)9-17-15(19)13-4-3-5-14(16)8-13/h3-5,8,11-12H,6-7,9-10H2,1-2H3,(H,17,19)/t11-,12-/m1/s1. The molecule has 110 valence electrons. The fourth-order valence-corrected chi connectivity index (χ4v) is 2.48. The van der Waals surface area contributed by atoms with E-state index in [9.17, 15) is 9.18 Å². The molecule has 1 heterocycles. The number of amides is 1. The second kappa shape index (κ2) is 6.81. The van der Waals surface area contributed by atoms with Crippen molar-refractivity contribution in [2.24, 2.45) is 0 Å². The molecule has 0 bridgehead atoms. The highest BCUT2D eigenvalue weighted by atomic mass is 19.1. The van der Waals surface area contributed by atoms with Gasteiger partial charge >= 0.3 is 0 Å². The van der Waals surface area contributed by atoms with Crippen molar-refractivity contribution in [2.75, 3.05) is 26.3 Å². The van der Waals surface area contributed by atoms with Crippen LogP contribution in [-0.4, -0.2) is 49.2 Å². The van der Waals surface area contributed by atoms with E-state index in [-0.39, 0.29) is 11.9 Å². The van der Waals surface area contributed by atoms with Crippen molar-refractivity contribution in [3.63, 3.8) is 0 Å². The van der Waals surface area contributed by atoms with Crippen molar-refractivity contribution in [2.45, 2.75) is 25.9 Å². The van der Waals surface area contributed by atoms with E-state index in [0.29, 0.717) is 18.2 Å². The Kier molecular flexibility index (Phi) is 5.09. The summed E-state index contributed by atoms with van der Waals surface area (Å²) in [4.78, 5) is 14.3. The molecule has 0 aliphatic carbocycles. The van der Waals surface area contributed by atoms with Gasteiger partial charge in [-0.25, -0.2) is 4.39 Å². The Morgan fingerprint density at radius 1 is 1.60 bits per heavy atom. The third kappa shape index (κ3) is 3.77. The first-order valence-electron chi connectivity index (χ1n) is 6.95. The van der Waals surface area contributed by atoms with Gasteiger partial charge in [-0.05, 0) is 32.0 Å². The first-order chi connectivity index (χ1) is 9.58. The predicted molar refractivity (Wildman–Crippen MR) is 75.2 cm³/mol. The number of hydrogen-bond acceptors (Lipinski definition) is 3. The Balaban J connectivity index is 1.86. The van der Waals surface area contributed by atoms with Crippen molar-refractivity contribution in [1.82, 2.24) is 10.2 Å². The van der Waals surface area contributed by atoms with Crippen LogP contribution >= 0.6 is 0 Å². The third-order valence-corrected chi connectivity index (χ3v) is 3.63. The summed E-state index contributed by atoms with van der Waals surface area (Å²) < 4.78 is 18.5. The highest BCUT2D eigenvalue weighted by Crippen LogP contribution is 2.10. The zero-order valence-corrected chi connectivity index (χ0v) is 11.9. The molecule has 2 atom stereocenters. The maximum absolute atomic E-state index is 13.1. The Hall–Kier alpha value is -1.46. The van der Waals surface area contributed by atoms with E-state index < -0.39 is 5.82 Å². The van der Waals surface area contributed by atoms with Crippen LogP contribution in [0.4, 0.5) is 4.39 Å². The monoisotopic (exact) mass is 280 g/mol. The molecule has 0 radical (unpaired) electrons. The van der Waals surface area contributed by atoms with Crippen LogP contribution in [0, 0.1) is 5.82 Å². The molecule has 1 saturated heterocycles. The lowest BCUT2D eigenvalue weighted by Crippen LogP contribution is -2.51. The van der Waals surface area contributed by atoms with Crippen molar-refractivity contribution < 1.29 is 13.9 Å². The molecule has 0 spiro atoms. The van der Waals surface area contributed by atoms with Gasteiger partial charge in [0.15, 0.2) is 0 Å². The van der Waals surface area contributed by atoms with Crippen LogP contribution in [0.1, 0.15) is 24.2 Å². The van der Waals surface area contributed by atoms with Gasteiger partial charge in [0.25, 0.3) is 5.91 Å². The number of hydrogen-bond donors (Lipinski definition) is 1. The second-order valence-corrected chi connectivity index (χ2v) is 5.23. The number of carbonyl (C=O) groups excluding carboxylic acids is 1. The van der Waals surface area contributed by atoms with E-state index in [1.54, 1.807) is 6.07 Å². The molecule has 20 heavy (non-hydrogen) atoms. The van der Waals surface area contributed by atoms with Gasteiger partial charge < -0.3 is 10.1 Å². The lowest BCUT2D eigenvalue weighted by atomic mass is 10.1. The lowest BCUT2D eigenvalue weighted by Gasteiger charge is -2.37. The second-order valence-electron chi connectivity index (χ2n) is 5.23. The highest BCUT2D eigenvalue weighted by Gasteiger charge is 2.23. The molecule has 0 unspecified atom stereocenters. The number of halogens is 1. The molecule has 1 aliphatic heterocycles. The van der Waals surface area contributed by atoms with Crippen LogP contribution in [0.5, 0.6) is 0 Å². The predicted octanol–water partition coefficient (Wildman–Crippen LogP) is 1.66. The summed E-state index contributed by atoms with van der Waals surface area (Å²) in [5, 5.41) is 2.86. The minimum atomic E-state index is -0.396. The number of nitrogens with one attached hydrogen (secondary N) is 1. The number of carbonyl (C=O) groups is 1. The summed E-state index contributed by atoms with van der Waals surface area (Å²) in [5.74, 6) is -0.634. The molecule has 1 aromatic carbocycles. The number of benzene rings is 1. The Morgan fingerprint density at radius 2 is 2.40 bits per heavy atom. The zero-order valence-electron chi connectivity index (χ0n) is 11.9. The number of morpholine rings is 1. The van der Waals surface area contributed by atoms with E-state index in [4.69, 9.17) is 4.74 Å². The molecule has 1 amide bonds. The minimum absolute atomic E-state index is 0.228. The van der Waals surface area contributed by atoms with Crippen molar-refractivity contribution in [3.05, 3.63) is 35.6 Å². The summed E-state index contributed by atoms with van der Waals surface area (Å²) in [5.41, 5.74) is 0.354. The van der Waals surface area contributed by atoms with E-state index >= 15 is 0 Å². The summed E-state index contributed by atoms with van der Waals surface area (Å²) >= 11 is 0. The molecule has 5 heteroatoms. The summed E-state index contributed by atoms with van der Waals surface area (Å²) in [7, 11) is 0. The Bertz CT molecular complexity index is 467. The van der Waals surface area contributed by atoms with Crippen LogP contribution in [0.15, 0.2) is 24.3 Å². The minimum Gasteiger partial charge on any atom is -0.379 e. The molecule has 0 saturated carbocycles. The van der Waals surface area contributed by atoms with E-state index in [1.807, 2.05) is 0 Å². The van der Waals surface area contributed by atoms with E-state index in [2.05, 4.69) is 24.1 Å². The number of ether oxygens (including phenoxy) is 1. The molecule has 2 rings (SSSR count). The normalized spacial score (nSPS) is 21.4. The number of rotatable bonds is 4. The molecule has 4 nitrogen and oxygen atoms in total. The fraction of sp³-hybridized carbons (Fsp3) is 0.533. The first kappa shape index (κ1) is 14.9. The summed E-state index contributed by atoms with van der Waals surface area (Å²) in [6.07, 6.45) is 0. The molecule has 1 fully saturated rings. The smallest absolute Gasteiger partial charge is 0.251 e. The Morgan fingerprint density at radius 3 is 3.10 bits per heavy atom. The van der Waals surface area contributed by atoms with Gasteiger partial charge in [-0.15, -0.1) is 0 Å². The third-order valence-electron chi connectivity index (χ3n) is 3.63. The van der Waals surface area contributed by atoms with E-state index in [1.165, 1.54) is 18.2 Å². The molecule has 1 aromatic rings. The molecule has 1 aliphatic rings. The maximum Gasteiger partial charge on any atom is 0.251 e. The van der Waals surface area contributed by atoms with Crippen LogP contribution in [0.3, 0.4) is 0 Å². The van der Waals surface area contributed by atoms with Gasteiger partial charge in [0.05, 0.1) is 13.2 Å². The SMILES string of the molecule is C[C@H](CNC(=O)c1cccc(F)c1)N1CCOC[C@H]1C. The average Bonchev–Trinajstić information content (AvgIpc) is 2.45. The fourth-order valence-electron chi connectivity index (χ4n) is 2.48. The summed E-state index contributed by atoms with van der Waals surface area (Å²) in [6.45, 7) is 7.06. The topological polar surface area (TPSA) is 41.6 Å². The number of nitrogens with zero attached hydrogens (tertiary/aromatic N) is 1. The van der Waals surface area contributed by atoms with Crippen molar-refractivity contribution in [1.29, 1.82) is 0 Å². The largest absolute Gasteiger partial charge is 0.379 e. The van der Waals surface area contributed by atoms with Crippen molar-refractivity contribution >= 4 is 5.91 Å². The molecular weight excluding hydrogens is 259 g/mol.